The van der Waals surface area contributed by atoms with E-state index < -0.39 is 38.5 Å². The van der Waals surface area contributed by atoms with Gasteiger partial charge in [0, 0.05) is 49.0 Å². The number of pyridine rings is 2. The van der Waals surface area contributed by atoms with Crippen molar-refractivity contribution in [2.75, 3.05) is 13.4 Å². The molecule has 164 valence electrons. The van der Waals surface area contributed by atoms with E-state index >= 15 is 0 Å². The van der Waals surface area contributed by atoms with E-state index in [4.69, 9.17) is 9.47 Å². The topological polar surface area (TPSA) is 96.6 Å². The van der Waals surface area contributed by atoms with Gasteiger partial charge in [0.05, 0.1) is 7.11 Å². The first-order valence-corrected chi connectivity index (χ1v) is 10.8. The van der Waals surface area contributed by atoms with Crippen LogP contribution < -0.4 is 20.6 Å². The maximum absolute atomic E-state index is 14.1. The largest absolute Gasteiger partial charge is 0.491 e. The molecule has 11 heteroatoms. The number of aromatic nitrogens is 2. The van der Waals surface area contributed by atoms with Crippen LogP contribution >= 0.6 is 0 Å². The monoisotopic (exact) mass is 452 g/mol. The third-order valence-corrected chi connectivity index (χ3v) is 5.00. The van der Waals surface area contributed by atoms with Crippen LogP contribution in [0.1, 0.15) is 0 Å². The van der Waals surface area contributed by atoms with E-state index in [-0.39, 0.29) is 22.8 Å². The fourth-order valence-electron chi connectivity index (χ4n) is 2.86. The molecule has 8 nitrogen and oxygen atoms in total. The molecule has 0 bridgehead atoms. The standard InChI is InChI=1S/C20H18F2N2O6S/c1-23-9-12(6-18(29-2)20(23)26)14-10-24(11-31(3,27)28)19(25)8-17(14)30-16-5-4-13(21)7-15(16)22/h4-10H,11H2,1-3H3. The molecular weight excluding hydrogens is 434 g/mol. The van der Waals surface area contributed by atoms with Crippen molar-refractivity contribution < 1.29 is 26.7 Å². The first-order chi connectivity index (χ1) is 14.5. The summed E-state index contributed by atoms with van der Waals surface area (Å²) in [6.45, 7) is 0. The van der Waals surface area contributed by atoms with Crippen molar-refractivity contribution in [2.24, 2.45) is 7.05 Å². The number of benzene rings is 1. The summed E-state index contributed by atoms with van der Waals surface area (Å²) in [7, 11) is -0.794. The van der Waals surface area contributed by atoms with Gasteiger partial charge in [-0.15, -0.1) is 0 Å². The Labute approximate surface area is 175 Å². The molecule has 31 heavy (non-hydrogen) atoms. The van der Waals surface area contributed by atoms with Crippen LogP contribution in [0.3, 0.4) is 0 Å². The van der Waals surface area contributed by atoms with Gasteiger partial charge < -0.3 is 14.0 Å². The Balaban J connectivity index is 2.25. The number of methoxy groups -OCH3 is 1. The Hall–Kier alpha value is -3.47. The molecular formula is C20H18F2N2O6S. The fourth-order valence-corrected chi connectivity index (χ4v) is 3.57. The van der Waals surface area contributed by atoms with Crippen molar-refractivity contribution in [3.05, 3.63) is 75.1 Å². The second kappa shape index (κ2) is 8.34. The van der Waals surface area contributed by atoms with Crippen LogP contribution in [0.4, 0.5) is 8.78 Å². The van der Waals surface area contributed by atoms with Crippen molar-refractivity contribution in [3.8, 4) is 28.4 Å². The summed E-state index contributed by atoms with van der Waals surface area (Å²) in [5, 5.41) is 0. The van der Waals surface area contributed by atoms with Gasteiger partial charge in [-0.25, -0.2) is 17.2 Å². The highest BCUT2D eigenvalue weighted by atomic mass is 32.2. The zero-order chi connectivity index (χ0) is 22.9. The van der Waals surface area contributed by atoms with Crippen molar-refractivity contribution in [1.82, 2.24) is 9.13 Å². The molecule has 3 rings (SSSR count). The number of rotatable bonds is 6. The average molecular weight is 452 g/mol. The number of ether oxygens (including phenoxy) is 2. The Morgan fingerprint density at radius 3 is 2.32 bits per heavy atom. The lowest BCUT2D eigenvalue weighted by molar-refractivity contribution is 0.405. The van der Waals surface area contributed by atoms with Crippen LogP contribution in [0.25, 0.3) is 11.1 Å². The minimum absolute atomic E-state index is 0.0141. The van der Waals surface area contributed by atoms with E-state index in [1.54, 1.807) is 0 Å². The lowest BCUT2D eigenvalue weighted by Crippen LogP contribution is -2.23. The molecule has 0 radical (unpaired) electrons. The van der Waals surface area contributed by atoms with Crippen LogP contribution in [0, 0.1) is 11.6 Å². The van der Waals surface area contributed by atoms with Gasteiger partial charge in [-0.05, 0) is 18.2 Å². The van der Waals surface area contributed by atoms with E-state index in [2.05, 4.69) is 0 Å². The highest BCUT2D eigenvalue weighted by Gasteiger charge is 2.18. The SMILES string of the molecule is COc1cc(-c2cn(CS(C)(=O)=O)c(=O)cc2Oc2ccc(F)cc2F)cn(C)c1=O. The van der Waals surface area contributed by atoms with E-state index in [0.717, 1.165) is 29.0 Å². The van der Waals surface area contributed by atoms with Gasteiger partial charge in [-0.3, -0.25) is 14.2 Å². The molecule has 0 aliphatic rings. The summed E-state index contributed by atoms with van der Waals surface area (Å²) >= 11 is 0. The first kappa shape index (κ1) is 22.2. The number of nitrogens with zero attached hydrogens (tertiary/aromatic N) is 2. The van der Waals surface area contributed by atoms with E-state index in [9.17, 15) is 26.8 Å². The summed E-state index contributed by atoms with van der Waals surface area (Å²) in [5.74, 6) is -2.89. The summed E-state index contributed by atoms with van der Waals surface area (Å²) in [5.41, 5.74) is -0.633. The summed E-state index contributed by atoms with van der Waals surface area (Å²) < 4.78 is 63.5. The van der Waals surface area contributed by atoms with E-state index in [0.29, 0.717) is 11.6 Å². The van der Waals surface area contributed by atoms with Gasteiger partial charge in [-0.2, -0.15) is 0 Å². The first-order valence-electron chi connectivity index (χ1n) is 8.78. The van der Waals surface area contributed by atoms with Crippen molar-refractivity contribution in [1.29, 1.82) is 0 Å². The number of hydrogen-bond acceptors (Lipinski definition) is 6. The van der Waals surface area contributed by atoms with Crippen LogP contribution in [0.15, 0.2) is 52.3 Å². The predicted molar refractivity (Wildman–Crippen MR) is 109 cm³/mol. The van der Waals surface area contributed by atoms with Gasteiger partial charge in [0.1, 0.15) is 17.4 Å². The van der Waals surface area contributed by atoms with Crippen LogP contribution in [-0.4, -0.2) is 30.9 Å². The molecule has 0 aliphatic heterocycles. The number of halogens is 2. The number of hydrogen-bond donors (Lipinski definition) is 0. The maximum atomic E-state index is 14.1. The Kier molecular flexibility index (Phi) is 5.98. The number of sulfone groups is 1. The minimum Gasteiger partial charge on any atom is -0.491 e. The quantitative estimate of drug-likeness (QED) is 0.570. The van der Waals surface area contributed by atoms with E-state index in [1.807, 2.05) is 0 Å². The van der Waals surface area contributed by atoms with Gasteiger partial charge >= 0.3 is 0 Å². The second-order valence-electron chi connectivity index (χ2n) is 6.80. The number of aryl methyl sites for hydroxylation is 1. The molecule has 0 fully saturated rings. The summed E-state index contributed by atoms with van der Waals surface area (Å²) in [6, 6.07) is 5.02. The molecule has 0 saturated carbocycles. The third kappa shape index (κ3) is 5.00. The second-order valence-corrected chi connectivity index (χ2v) is 8.91. The smallest absolute Gasteiger partial charge is 0.292 e. The zero-order valence-corrected chi connectivity index (χ0v) is 17.6. The van der Waals surface area contributed by atoms with Gasteiger partial charge in [-0.1, -0.05) is 0 Å². The third-order valence-electron chi connectivity index (χ3n) is 4.26. The zero-order valence-electron chi connectivity index (χ0n) is 16.8. The van der Waals surface area contributed by atoms with E-state index in [1.165, 1.54) is 37.2 Å². The molecule has 1 aromatic carbocycles. The Morgan fingerprint density at radius 2 is 1.71 bits per heavy atom. The van der Waals surface area contributed by atoms with Crippen LogP contribution in [0.2, 0.25) is 0 Å². The molecule has 2 heterocycles. The van der Waals surface area contributed by atoms with Crippen LogP contribution in [-0.2, 0) is 22.8 Å². The normalized spacial score (nSPS) is 11.4. The van der Waals surface area contributed by atoms with Gasteiger partial charge in [0.15, 0.2) is 27.2 Å². The molecule has 0 amide bonds. The molecule has 0 N–H and O–H groups in total. The summed E-state index contributed by atoms with van der Waals surface area (Å²) in [6.07, 6.45) is 3.61. The highest BCUT2D eigenvalue weighted by molar-refractivity contribution is 7.89. The molecule has 0 unspecified atom stereocenters. The lowest BCUT2D eigenvalue weighted by Gasteiger charge is -2.15. The van der Waals surface area contributed by atoms with Crippen molar-refractivity contribution in [3.63, 3.8) is 0 Å². The lowest BCUT2D eigenvalue weighted by atomic mass is 10.1. The van der Waals surface area contributed by atoms with Crippen molar-refractivity contribution >= 4 is 9.84 Å². The minimum atomic E-state index is -3.57. The fraction of sp³-hybridized carbons (Fsp3) is 0.200. The summed E-state index contributed by atoms with van der Waals surface area (Å²) in [4.78, 5) is 24.6. The molecule has 0 spiro atoms. The Morgan fingerprint density at radius 1 is 1.00 bits per heavy atom. The maximum Gasteiger partial charge on any atom is 0.292 e. The molecule has 0 aliphatic carbocycles. The van der Waals surface area contributed by atoms with Gasteiger partial charge in [0.25, 0.3) is 11.1 Å². The molecule has 0 atom stereocenters. The highest BCUT2D eigenvalue weighted by Crippen LogP contribution is 2.34. The molecule has 2 aromatic heterocycles. The predicted octanol–water partition coefficient (Wildman–Crippen LogP) is 2.30. The molecule has 3 aromatic rings. The van der Waals surface area contributed by atoms with Crippen LogP contribution in [0.5, 0.6) is 17.2 Å². The molecule has 0 saturated heterocycles. The van der Waals surface area contributed by atoms with Crippen molar-refractivity contribution in [2.45, 2.75) is 5.88 Å². The average Bonchev–Trinajstić information content (AvgIpc) is 2.67. The van der Waals surface area contributed by atoms with Gasteiger partial charge in [0.2, 0.25) is 0 Å². The Bertz CT molecular complexity index is 1380.